The normalized spacial score (nSPS) is 11.6. The van der Waals surface area contributed by atoms with Gasteiger partial charge >= 0.3 is 0 Å². The molecule has 0 saturated heterocycles. The highest BCUT2D eigenvalue weighted by molar-refractivity contribution is 5.73. The molecule has 0 aliphatic carbocycles. The van der Waals surface area contributed by atoms with E-state index in [2.05, 4.69) is 36.3 Å². The molecule has 0 amide bonds. The number of methoxy groups -OCH3 is 1. The van der Waals surface area contributed by atoms with Gasteiger partial charge in [-0.1, -0.05) is 20.8 Å². The first-order valence-electron chi connectivity index (χ1n) is 6.67. The van der Waals surface area contributed by atoms with Crippen LogP contribution in [-0.2, 0) is 6.54 Å². The molecule has 0 fully saturated rings. The number of tetrazole rings is 1. The maximum absolute atomic E-state index is 6.04. The van der Waals surface area contributed by atoms with E-state index in [1.165, 1.54) is 0 Å². The number of aromatic nitrogens is 4. The van der Waals surface area contributed by atoms with Gasteiger partial charge in [-0.25, -0.2) is 4.68 Å². The minimum absolute atomic E-state index is 0.123. The van der Waals surface area contributed by atoms with E-state index in [1.54, 1.807) is 17.9 Å². The van der Waals surface area contributed by atoms with E-state index in [0.717, 1.165) is 24.3 Å². The van der Waals surface area contributed by atoms with Crippen molar-refractivity contribution in [1.82, 2.24) is 20.2 Å². The lowest BCUT2D eigenvalue weighted by atomic mass is 9.90. The molecule has 1 aromatic heterocycles. The van der Waals surface area contributed by atoms with Gasteiger partial charge in [0.1, 0.15) is 5.75 Å². The van der Waals surface area contributed by atoms with Crippen LogP contribution in [0.15, 0.2) is 18.2 Å². The lowest BCUT2D eigenvalue weighted by Gasteiger charge is -2.22. The van der Waals surface area contributed by atoms with Crippen molar-refractivity contribution in [3.05, 3.63) is 18.2 Å². The second kappa shape index (κ2) is 5.48. The Kier molecular flexibility index (Phi) is 3.92. The van der Waals surface area contributed by atoms with E-state index in [9.17, 15) is 0 Å². The summed E-state index contributed by atoms with van der Waals surface area (Å²) < 4.78 is 7.04. The van der Waals surface area contributed by atoms with Crippen LogP contribution in [0.2, 0.25) is 0 Å². The summed E-state index contributed by atoms with van der Waals surface area (Å²) in [6, 6.07) is 5.48. The van der Waals surface area contributed by atoms with Gasteiger partial charge in [-0.2, -0.15) is 0 Å². The maximum Gasteiger partial charge on any atom is 0.184 e. The quantitative estimate of drug-likeness (QED) is 0.847. The fraction of sp³-hybridized carbons (Fsp3) is 0.500. The lowest BCUT2D eigenvalue weighted by Crippen LogP contribution is -2.20. The SMILES string of the molecule is CCC(C)(C)Cn1nnnc1-c1cc(OC)ccc1N. The Morgan fingerprint density at radius 2 is 2.10 bits per heavy atom. The molecule has 1 aromatic carbocycles. The molecule has 0 atom stereocenters. The minimum Gasteiger partial charge on any atom is -0.497 e. The van der Waals surface area contributed by atoms with Crippen LogP contribution in [-0.4, -0.2) is 27.3 Å². The highest BCUT2D eigenvalue weighted by atomic mass is 16.5. The third-order valence-electron chi connectivity index (χ3n) is 3.57. The molecule has 0 saturated carbocycles. The fourth-order valence-electron chi connectivity index (χ4n) is 1.88. The van der Waals surface area contributed by atoms with Crippen LogP contribution in [0, 0.1) is 5.41 Å². The monoisotopic (exact) mass is 275 g/mol. The van der Waals surface area contributed by atoms with Crippen LogP contribution >= 0.6 is 0 Å². The van der Waals surface area contributed by atoms with Crippen LogP contribution in [0.5, 0.6) is 5.75 Å². The van der Waals surface area contributed by atoms with Crippen LogP contribution in [0.1, 0.15) is 27.2 Å². The summed E-state index contributed by atoms with van der Waals surface area (Å²) in [5, 5.41) is 12.0. The summed E-state index contributed by atoms with van der Waals surface area (Å²) >= 11 is 0. The van der Waals surface area contributed by atoms with Gasteiger partial charge in [0, 0.05) is 11.3 Å². The smallest absolute Gasteiger partial charge is 0.184 e. The predicted octanol–water partition coefficient (Wildman–Crippen LogP) is 2.37. The predicted molar refractivity (Wildman–Crippen MR) is 78.3 cm³/mol. The van der Waals surface area contributed by atoms with Crippen molar-refractivity contribution in [1.29, 1.82) is 0 Å². The van der Waals surface area contributed by atoms with Crippen LogP contribution in [0.25, 0.3) is 11.4 Å². The third kappa shape index (κ3) is 2.89. The summed E-state index contributed by atoms with van der Waals surface area (Å²) in [5.41, 5.74) is 7.59. The van der Waals surface area contributed by atoms with Gasteiger partial charge in [-0.15, -0.1) is 5.10 Å². The van der Waals surface area contributed by atoms with E-state index in [4.69, 9.17) is 10.5 Å². The largest absolute Gasteiger partial charge is 0.497 e. The molecule has 2 rings (SSSR count). The van der Waals surface area contributed by atoms with E-state index in [0.29, 0.717) is 11.5 Å². The molecule has 2 N–H and O–H groups in total. The van der Waals surface area contributed by atoms with Crippen molar-refractivity contribution in [2.24, 2.45) is 5.41 Å². The first-order valence-corrected chi connectivity index (χ1v) is 6.67. The summed E-state index contributed by atoms with van der Waals surface area (Å²) in [4.78, 5) is 0. The minimum atomic E-state index is 0.123. The molecule has 0 bridgehead atoms. The number of anilines is 1. The molecule has 0 spiro atoms. The number of rotatable bonds is 5. The molecule has 0 radical (unpaired) electrons. The number of nitrogens with two attached hydrogens (primary N) is 1. The zero-order chi connectivity index (χ0) is 14.8. The number of hydrogen-bond donors (Lipinski definition) is 1. The van der Waals surface area contributed by atoms with Gasteiger partial charge in [0.05, 0.1) is 13.7 Å². The maximum atomic E-state index is 6.04. The molecule has 6 nitrogen and oxygen atoms in total. The van der Waals surface area contributed by atoms with Crippen LogP contribution in [0.3, 0.4) is 0 Å². The van der Waals surface area contributed by atoms with E-state index in [1.807, 2.05) is 12.1 Å². The van der Waals surface area contributed by atoms with Crippen LogP contribution < -0.4 is 10.5 Å². The number of nitrogen functional groups attached to an aromatic ring is 1. The van der Waals surface area contributed by atoms with Crippen molar-refractivity contribution >= 4 is 5.69 Å². The number of benzene rings is 1. The zero-order valence-corrected chi connectivity index (χ0v) is 12.4. The molecule has 108 valence electrons. The van der Waals surface area contributed by atoms with E-state index in [-0.39, 0.29) is 5.41 Å². The van der Waals surface area contributed by atoms with Crippen LogP contribution in [0.4, 0.5) is 5.69 Å². The Morgan fingerprint density at radius 3 is 2.75 bits per heavy atom. The molecule has 0 aliphatic heterocycles. The standard InChI is InChI=1S/C14H21N5O/c1-5-14(2,3)9-19-13(16-17-18-19)11-8-10(20-4)6-7-12(11)15/h6-8H,5,9,15H2,1-4H3. The second-order valence-electron chi connectivity index (χ2n) is 5.63. The van der Waals surface area contributed by atoms with Gasteiger partial charge in [-0.3, -0.25) is 0 Å². The Hall–Kier alpha value is -2.11. The van der Waals surface area contributed by atoms with Crippen molar-refractivity contribution in [2.75, 3.05) is 12.8 Å². The molecule has 0 aliphatic rings. The Balaban J connectivity index is 2.42. The summed E-state index contributed by atoms with van der Waals surface area (Å²) in [7, 11) is 1.62. The highest BCUT2D eigenvalue weighted by Gasteiger charge is 2.21. The van der Waals surface area contributed by atoms with Gasteiger partial charge in [0.15, 0.2) is 5.82 Å². The van der Waals surface area contributed by atoms with Gasteiger partial charge in [-0.05, 0) is 40.5 Å². The zero-order valence-electron chi connectivity index (χ0n) is 12.4. The molecule has 20 heavy (non-hydrogen) atoms. The number of hydrogen-bond acceptors (Lipinski definition) is 5. The average molecular weight is 275 g/mol. The molecule has 0 unspecified atom stereocenters. The molecular formula is C14H21N5O. The van der Waals surface area contributed by atoms with E-state index >= 15 is 0 Å². The third-order valence-corrected chi connectivity index (χ3v) is 3.57. The molecule has 1 heterocycles. The Morgan fingerprint density at radius 1 is 1.35 bits per heavy atom. The highest BCUT2D eigenvalue weighted by Crippen LogP contribution is 2.30. The van der Waals surface area contributed by atoms with E-state index < -0.39 is 0 Å². The molecule has 6 heteroatoms. The topological polar surface area (TPSA) is 78.8 Å². The Labute approximate surface area is 118 Å². The van der Waals surface area contributed by atoms with Gasteiger partial charge < -0.3 is 10.5 Å². The van der Waals surface area contributed by atoms with Crippen molar-refractivity contribution in [3.8, 4) is 17.1 Å². The van der Waals surface area contributed by atoms with Gasteiger partial charge in [0.25, 0.3) is 0 Å². The average Bonchev–Trinajstić information content (AvgIpc) is 2.86. The second-order valence-corrected chi connectivity index (χ2v) is 5.63. The lowest BCUT2D eigenvalue weighted by molar-refractivity contribution is 0.279. The van der Waals surface area contributed by atoms with Crippen molar-refractivity contribution < 1.29 is 4.74 Å². The summed E-state index contributed by atoms with van der Waals surface area (Å²) in [5.74, 6) is 1.40. The fourth-order valence-corrected chi connectivity index (χ4v) is 1.88. The Bertz CT molecular complexity index is 591. The molecular weight excluding hydrogens is 254 g/mol. The summed E-state index contributed by atoms with van der Waals surface area (Å²) in [6.45, 7) is 7.27. The number of ether oxygens (including phenoxy) is 1. The first kappa shape index (κ1) is 14.3. The van der Waals surface area contributed by atoms with Crippen molar-refractivity contribution in [2.45, 2.75) is 33.7 Å². The van der Waals surface area contributed by atoms with Crippen molar-refractivity contribution in [3.63, 3.8) is 0 Å². The summed E-state index contributed by atoms with van der Waals surface area (Å²) in [6.07, 6.45) is 1.04. The molecule has 2 aromatic rings. The number of nitrogens with zero attached hydrogens (tertiary/aromatic N) is 4. The first-order chi connectivity index (χ1) is 9.46. The van der Waals surface area contributed by atoms with Gasteiger partial charge in [0.2, 0.25) is 0 Å².